The van der Waals surface area contributed by atoms with Gasteiger partial charge in [-0.15, -0.1) is 0 Å². The number of carbonyl (C=O) groups is 1. The summed E-state index contributed by atoms with van der Waals surface area (Å²) >= 11 is 0. The van der Waals surface area contributed by atoms with Crippen molar-refractivity contribution in [3.8, 4) is 5.75 Å². The van der Waals surface area contributed by atoms with Gasteiger partial charge in [-0.2, -0.15) is 0 Å². The Balaban J connectivity index is 2.37. The zero-order valence-electron chi connectivity index (χ0n) is 9.14. The lowest BCUT2D eigenvalue weighted by Crippen LogP contribution is -2.38. The number of nitrogen functional groups attached to an aromatic ring is 1. The van der Waals surface area contributed by atoms with Crippen molar-refractivity contribution in [2.24, 2.45) is 0 Å². The molecule has 1 unspecified atom stereocenters. The summed E-state index contributed by atoms with van der Waals surface area (Å²) in [6, 6.07) is 6.58. The fourth-order valence-corrected chi connectivity index (χ4v) is 1.12. The van der Waals surface area contributed by atoms with Crippen LogP contribution in [0.4, 0.5) is 5.69 Å². The third kappa shape index (κ3) is 4.18. The molecule has 0 fully saturated rings. The van der Waals surface area contributed by atoms with Crippen LogP contribution in [0.2, 0.25) is 0 Å². The van der Waals surface area contributed by atoms with Crippen LogP contribution >= 0.6 is 0 Å². The largest absolute Gasteiger partial charge is 0.484 e. The second-order valence-electron chi connectivity index (χ2n) is 3.51. The fourth-order valence-electron chi connectivity index (χ4n) is 1.12. The van der Waals surface area contributed by atoms with Crippen LogP contribution in [0.5, 0.6) is 5.75 Å². The number of nitrogens with one attached hydrogen (secondary N) is 1. The lowest BCUT2D eigenvalue weighted by atomic mass is 10.3. The number of hydrogen-bond donors (Lipinski definition) is 3. The van der Waals surface area contributed by atoms with Crippen LogP contribution in [-0.2, 0) is 4.79 Å². The van der Waals surface area contributed by atoms with E-state index in [0.29, 0.717) is 11.4 Å². The third-order valence-electron chi connectivity index (χ3n) is 1.91. The smallest absolute Gasteiger partial charge is 0.258 e. The Kier molecular flexibility index (Phi) is 4.60. The number of aliphatic hydroxyl groups excluding tert-OH is 1. The van der Waals surface area contributed by atoms with Crippen molar-refractivity contribution in [1.82, 2.24) is 5.32 Å². The van der Waals surface area contributed by atoms with Crippen molar-refractivity contribution >= 4 is 11.6 Å². The molecule has 0 saturated carbocycles. The summed E-state index contributed by atoms with van der Waals surface area (Å²) in [5.74, 6) is 0.274. The number of ether oxygens (including phenoxy) is 1. The molecule has 0 saturated heterocycles. The number of rotatable bonds is 5. The quantitative estimate of drug-likeness (QED) is 0.621. The molecule has 5 nitrogen and oxygen atoms in total. The van der Waals surface area contributed by atoms with Gasteiger partial charge in [0, 0.05) is 17.8 Å². The Bertz CT molecular complexity index is 355. The van der Waals surface area contributed by atoms with E-state index >= 15 is 0 Å². The van der Waals surface area contributed by atoms with E-state index in [9.17, 15) is 4.79 Å². The molecule has 0 aliphatic rings. The highest BCUT2D eigenvalue weighted by Crippen LogP contribution is 2.13. The summed E-state index contributed by atoms with van der Waals surface area (Å²) in [7, 11) is 0. The zero-order valence-corrected chi connectivity index (χ0v) is 9.14. The van der Waals surface area contributed by atoms with Crippen LogP contribution in [0.3, 0.4) is 0 Å². The van der Waals surface area contributed by atoms with Gasteiger partial charge in [-0.25, -0.2) is 0 Å². The highest BCUT2D eigenvalue weighted by atomic mass is 16.5. The van der Waals surface area contributed by atoms with E-state index in [4.69, 9.17) is 15.6 Å². The molecule has 5 heteroatoms. The van der Waals surface area contributed by atoms with Gasteiger partial charge in [0.1, 0.15) is 5.75 Å². The van der Waals surface area contributed by atoms with Crippen molar-refractivity contribution in [1.29, 1.82) is 0 Å². The Labute approximate surface area is 94.2 Å². The molecule has 0 bridgehead atoms. The molecule has 1 aromatic carbocycles. The molecule has 1 rings (SSSR count). The number of hydrogen-bond acceptors (Lipinski definition) is 4. The van der Waals surface area contributed by atoms with Gasteiger partial charge >= 0.3 is 0 Å². The SMILES string of the molecule is CC(CO)NC(=O)COc1cccc(N)c1. The molecule has 0 spiro atoms. The first-order chi connectivity index (χ1) is 7.61. The summed E-state index contributed by atoms with van der Waals surface area (Å²) in [5.41, 5.74) is 6.14. The zero-order chi connectivity index (χ0) is 12.0. The predicted molar refractivity (Wildman–Crippen MR) is 61.0 cm³/mol. The van der Waals surface area contributed by atoms with E-state index in [0.717, 1.165) is 0 Å². The topological polar surface area (TPSA) is 84.6 Å². The van der Waals surface area contributed by atoms with Crippen LogP contribution < -0.4 is 15.8 Å². The standard InChI is InChI=1S/C11H16N2O3/c1-8(6-14)13-11(15)7-16-10-4-2-3-9(12)5-10/h2-5,8,14H,6-7,12H2,1H3,(H,13,15). The number of benzene rings is 1. The van der Waals surface area contributed by atoms with Crippen LogP contribution in [0.25, 0.3) is 0 Å². The second kappa shape index (κ2) is 5.97. The monoisotopic (exact) mass is 224 g/mol. The molecule has 4 N–H and O–H groups in total. The Hall–Kier alpha value is -1.75. The molecule has 0 radical (unpaired) electrons. The maximum atomic E-state index is 11.3. The van der Waals surface area contributed by atoms with Crippen LogP contribution in [-0.4, -0.2) is 30.3 Å². The minimum Gasteiger partial charge on any atom is -0.484 e. The minimum absolute atomic E-state index is 0.0895. The van der Waals surface area contributed by atoms with E-state index in [1.807, 2.05) is 0 Å². The van der Waals surface area contributed by atoms with Gasteiger partial charge in [0.2, 0.25) is 0 Å². The number of carbonyl (C=O) groups excluding carboxylic acids is 1. The number of nitrogens with two attached hydrogens (primary N) is 1. The van der Waals surface area contributed by atoms with Gasteiger partial charge in [-0.1, -0.05) is 6.07 Å². The Morgan fingerprint density at radius 3 is 3.00 bits per heavy atom. The van der Waals surface area contributed by atoms with Gasteiger partial charge < -0.3 is 20.9 Å². The number of aliphatic hydroxyl groups is 1. The van der Waals surface area contributed by atoms with Gasteiger partial charge in [0.15, 0.2) is 6.61 Å². The Morgan fingerprint density at radius 1 is 1.62 bits per heavy atom. The molecule has 1 atom stereocenters. The molecule has 0 heterocycles. The van der Waals surface area contributed by atoms with Gasteiger partial charge in [-0.3, -0.25) is 4.79 Å². The van der Waals surface area contributed by atoms with Gasteiger partial charge in [0.25, 0.3) is 5.91 Å². The lowest BCUT2D eigenvalue weighted by Gasteiger charge is -2.11. The first-order valence-corrected chi connectivity index (χ1v) is 5.00. The summed E-state index contributed by atoms with van der Waals surface area (Å²) < 4.78 is 5.22. The van der Waals surface area contributed by atoms with E-state index in [2.05, 4.69) is 5.32 Å². The average Bonchev–Trinajstić information content (AvgIpc) is 2.26. The van der Waals surface area contributed by atoms with E-state index < -0.39 is 0 Å². The molecule has 0 aliphatic carbocycles. The molecule has 88 valence electrons. The summed E-state index contributed by atoms with van der Waals surface area (Å²) in [5, 5.41) is 11.3. The highest BCUT2D eigenvalue weighted by Gasteiger charge is 2.06. The first-order valence-electron chi connectivity index (χ1n) is 5.00. The summed E-state index contributed by atoms with van der Waals surface area (Å²) in [6.45, 7) is 1.52. The van der Waals surface area contributed by atoms with Crippen LogP contribution in [0.15, 0.2) is 24.3 Å². The molecule has 0 aromatic heterocycles. The maximum Gasteiger partial charge on any atom is 0.258 e. The van der Waals surface area contributed by atoms with Crippen LogP contribution in [0.1, 0.15) is 6.92 Å². The molecule has 1 aromatic rings. The van der Waals surface area contributed by atoms with Crippen molar-refractivity contribution in [3.63, 3.8) is 0 Å². The highest BCUT2D eigenvalue weighted by molar-refractivity contribution is 5.77. The first kappa shape index (κ1) is 12.3. The predicted octanol–water partition coefficient (Wildman–Crippen LogP) is 0.145. The van der Waals surface area contributed by atoms with Crippen molar-refractivity contribution < 1.29 is 14.6 Å². The molecular weight excluding hydrogens is 208 g/mol. The Morgan fingerprint density at radius 2 is 2.38 bits per heavy atom. The number of amides is 1. The van der Waals surface area contributed by atoms with Crippen LogP contribution in [0, 0.1) is 0 Å². The normalized spacial score (nSPS) is 11.9. The van der Waals surface area contributed by atoms with Gasteiger partial charge in [0.05, 0.1) is 6.61 Å². The van der Waals surface area contributed by atoms with E-state index in [1.54, 1.807) is 31.2 Å². The fraction of sp³-hybridized carbons (Fsp3) is 0.364. The molecular formula is C11H16N2O3. The third-order valence-corrected chi connectivity index (χ3v) is 1.91. The summed E-state index contributed by atoms with van der Waals surface area (Å²) in [4.78, 5) is 11.3. The molecule has 1 amide bonds. The molecule has 0 aliphatic heterocycles. The van der Waals surface area contributed by atoms with Crippen molar-refractivity contribution in [3.05, 3.63) is 24.3 Å². The van der Waals surface area contributed by atoms with Gasteiger partial charge in [-0.05, 0) is 19.1 Å². The maximum absolute atomic E-state index is 11.3. The summed E-state index contributed by atoms with van der Waals surface area (Å²) in [6.07, 6.45) is 0. The lowest BCUT2D eigenvalue weighted by molar-refractivity contribution is -0.123. The van der Waals surface area contributed by atoms with Crippen molar-refractivity contribution in [2.45, 2.75) is 13.0 Å². The number of anilines is 1. The second-order valence-corrected chi connectivity index (χ2v) is 3.51. The molecule has 16 heavy (non-hydrogen) atoms. The van der Waals surface area contributed by atoms with E-state index in [1.165, 1.54) is 0 Å². The van der Waals surface area contributed by atoms with E-state index in [-0.39, 0.29) is 25.2 Å². The minimum atomic E-state index is -0.274. The average molecular weight is 224 g/mol. The van der Waals surface area contributed by atoms with Crippen molar-refractivity contribution in [2.75, 3.05) is 18.9 Å².